The first-order valence-corrected chi connectivity index (χ1v) is 7.06. The highest BCUT2D eigenvalue weighted by molar-refractivity contribution is 4.83. The third kappa shape index (κ3) is 3.78. The molecule has 1 aromatic heterocycles. The fourth-order valence-electron chi connectivity index (χ4n) is 2.38. The molecule has 1 fully saturated rings. The number of aromatic nitrogens is 2. The zero-order valence-corrected chi connectivity index (χ0v) is 11.5. The highest BCUT2D eigenvalue weighted by Gasteiger charge is 2.20. The first-order chi connectivity index (χ1) is 8.81. The second-order valence-electron chi connectivity index (χ2n) is 4.97. The SMILES string of the molecule is CCNCC1CCN(Cc2nnc(CC)o2)CC1. The molecule has 0 radical (unpaired) electrons. The molecule has 0 unspecified atom stereocenters. The van der Waals surface area contributed by atoms with Crippen LogP contribution in [-0.2, 0) is 13.0 Å². The molecule has 0 bridgehead atoms. The maximum atomic E-state index is 5.55. The number of aryl methyl sites for hydroxylation is 1. The molecule has 0 aliphatic carbocycles. The van der Waals surface area contributed by atoms with Crippen LogP contribution >= 0.6 is 0 Å². The maximum Gasteiger partial charge on any atom is 0.230 e. The minimum Gasteiger partial charge on any atom is -0.424 e. The highest BCUT2D eigenvalue weighted by atomic mass is 16.4. The van der Waals surface area contributed by atoms with E-state index in [0.717, 1.165) is 56.8 Å². The normalized spacial score (nSPS) is 18.3. The number of nitrogens with zero attached hydrogens (tertiary/aromatic N) is 3. The van der Waals surface area contributed by atoms with Crippen molar-refractivity contribution in [3.05, 3.63) is 11.8 Å². The van der Waals surface area contributed by atoms with E-state index in [4.69, 9.17) is 4.42 Å². The minimum absolute atomic E-state index is 0.743. The van der Waals surface area contributed by atoms with Crippen molar-refractivity contribution in [3.8, 4) is 0 Å². The summed E-state index contributed by atoms with van der Waals surface area (Å²) in [7, 11) is 0. The van der Waals surface area contributed by atoms with Crippen LogP contribution in [0.1, 0.15) is 38.5 Å². The number of nitrogens with one attached hydrogen (secondary N) is 1. The van der Waals surface area contributed by atoms with Crippen LogP contribution in [0.25, 0.3) is 0 Å². The molecule has 2 rings (SSSR count). The molecule has 0 amide bonds. The van der Waals surface area contributed by atoms with Gasteiger partial charge in [-0.15, -0.1) is 10.2 Å². The number of likely N-dealkylation sites (tertiary alicyclic amines) is 1. The van der Waals surface area contributed by atoms with Gasteiger partial charge in [0.05, 0.1) is 6.54 Å². The van der Waals surface area contributed by atoms with Crippen molar-refractivity contribution in [3.63, 3.8) is 0 Å². The lowest BCUT2D eigenvalue weighted by Gasteiger charge is -2.30. The number of rotatable bonds is 6. The zero-order chi connectivity index (χ0) is 12.8. The molecule has 1 aliphatic heterocycles. The first kappa shape index (κ1) is 13.5. The summed E-state index contributed by atoms with van der Waals surface area (Å²) in [6, 6.07) is 0. The molecule has 1 N–H and O–H groups in total. The average Bonchev–Trinajstić information content (AvgIpc) is 2.86. The van der Waals surface area contributed by atoms with Gasteiger partial charge in [0.15, 0.2) is 0 Å². The minimum atomic E-state index is 0.743. The van der Waals surface area contributed by atoms with Crippen LogP contribution in [0.5, 0.6) is 0 Å². The predicted octanol–water partition coefficient (Wildman–Crippen LogP) is 1.45. The van der Waals surface area contributed by atoms with Gasteiger partial charge >= 0.3 is 0 Å². The molecular formula is C13H24N4O. The van der Waals surface area contributed by atoms with Crippen LogP contribution in [0.15, 0.2) is 4.42 Å². The molecule has 5 nitrogen and oxygen atoms in total. The van der Waals surface area contributed by atoms with Gasteiger partial charge < -0.3 is 9.73 Å². The zero-order valence-electron chi connectivity index (χ0n) is 11.5. The van der Waals surface area contributed by atoms with Gasteiger partial charge in [0.1, 0.15) is 0 Å². The summed E-state index contributed by atoms with van der Waals surface area (Å²) in [4.78, 5) is 2.41. The smallest absolute Gasteiger partial charge is 0.230 e. The second kappa shape index (κ2) is 6.85. The Morgan fingerprint density at radius 3 is 2.56 bits per heavy atom. The van der Waals surface area contributed by atoms with Gasteiger partial charge in [-0.3, -0.25) is 4.90 Å². The molecule has 1 saturated heterocycles. The van der Waals surface area contributed by atoms with Gasteiger partial charge in [-0.1, -0.05) is 13.8 Å². The van der Waals surface area contributed by atoms with E-state index < -0.39 is 0 Å². The summed E-state index contributed by atoms with van der Waals surface area (Å²) >= 11 is 0. The molecule has 5 heteroatoms. The summed E-state index contributed by atoms with van der Waals surface area (Å²) < 4.78 is 5.55. The molecule has 1 aromatic rings. The molecular weight excluding hydrogens is 228 g/mol. The van der Waals surface area contributed by atoms with Gasteiger partial charge in [0, 0.05) is 6.42 Å². The Kier molecular flexibility index (Phi) is 5.13. The van der Waals surface area contributed by atoms with Crippen LogP contribution in [-0.4, -0.2) is 41.3 Å². The van der Waals surface area contributed by atoms with Crippen LogP contribution in [0, 0.1) is 5.92 Å². The summed E-state index contributed by atoms with van der Waals surface area (Å²) in [6.07, 6.45) is 3.35. The summed E-state index contributed by atoms with van der Waals surface area (Å²) in [5.74, 6) is 2.33. The molecule has 2 heterocycles. The Balaban J connectivity index is 1.73. The average molecular weight is 252 g/mol. The van der Waals surface area contributed by atoms with E-state index in [1.165, 1.54) is 12.8 Å². The van der Waals surface area contributed by atoms with Crippen molar-refractivity contribution in [2.45, 2.75) is 39.7 Å². The van der Waals surface area contributed by atoms with Crippen LogP contribution in [0.4, 0.5) is 0 Å². The fourth-order valence-corrected chi connectivity index (χ4v) is 2.38. The third-order valence-electron chi connectivity index (χ3n) is 3.56. The number of piperidine rings is 1. The monoisotopic (exact) mass is 252 g/mol. The predicted molar refractivity (Wildman–Crippen MR) is 70.2 cm³/mol. The Hall–Kier alpha value is -0.940. The molecule has 0 aromatic carbocycles. The summed E-state index contributed by atoms with van der Waals surface area (Å²) in [5.41, 5.74) is 0. The van der Waals surface area contributed by atoms with Gasteiger partial charge in [-0.25, -0.2) is 0 Å². The van der Waals surface area contributed by atoms with Crippen molar-refractivity contribution >= 4 is 0 Å². The second-order valence-corrected chi connectivity index (χ2v) is 4.97. The topological polar surface area (TPSA) is 54.2 Å². The van der Waals surface area contributed by atoms with Gasteiger partial charge in [0.2, 0.25) is 11.8 Å². The lowest BCUT2D eigenvalue weighted by atomic mass is 9.97. The maximum absolute atomic E-state index is 5.55. The van der Waals surface area contributed by atoms with Crippen molar-refractivity contribution < 1.29 is 4.42 Å². The Morgan fingerprint density at radius 1 is 1.22 bits per heavy atom. The molecule has 102 valence electrons. The van der Waals surface area contributed by atoms with Gasteiger partial charge in [0.25, 0.3) is 0 Å². The largest absolute Gasteiger partial charge is 0.424 e. The Morgan fingerprint density at radius 2 is 1.94 bits per heavy atom. The van der Waals surface area contributed by atoms with Gasteiger partial charge in [-0.2, -0.15) is 0 Å². The van der Waals surface area contributed by atoms with E-state index in [1.807, 2.05) is 6.92 Å². The fraction of sp³-hybridized carbons (Fsp3) is 0.846. The lowest BCUT2D eigenvalue weighted by molar-refractivity contribution is 0.162. The molecule has 18 heavy (non-hydrogen) atoms. The summed E-state index contributed by atoms with van der Waals surface area (Å²) in [5, 5.41) is 11.5. The van der Waals surface area contributed by atoms with E-state index in [0.29, 0.717) is 0 Å². The summed E-state index contributed by atoms with van der Waals surface area (Å²) in [6.45, 7) is 9.51. The molecule has 0 saturated carbocycles. The van der Waals surface area contributed by atoms with Crippen molar-refractivity contribution in [2.75, 3.05) is 26.2 Å². The molecule has 1 aliphatic rings. The van der Waals surface area contributed by atoms with E-state index in [-0.39, 0.29) is 0 Å². The van der Waals surface area contributed by atoms with Crippen LogP contribution in [0.3, 0.4) is 0 Å². The highest BCUT2D eigenvalue weighted by Crippen LogP contribution is 2.18. The van der Waals surface area contributed by atoms with E-state index in [9.17, 15) is 0 Å². The standard InChI is InChI=1S/C13H24N4O/c1-3-12-15-16-13(18-12)10-17-7-5-11(6-8-17)9-14-4-2/h11,14H,3-10H2,1-2H3. The van der Waals surface area contributed by atoms with Crippen LogP contribution in [0.2, 0.25) is 0 Å². The number of hydrogen-bond donors (Lipinski definition) is 1. The third-order valence-corrected chi connectivity index (χ3v) is 3.56. The van der Waals surface area contributed by atoms with Crippen LogP contribution < -0.4 is 5.32 Å². The molecule has 0 spiro atoms. The van der Waals surface area contributed by atoms with Crippen molar-refractivity contribution in [1.82, 2.24) is 20.4 Å². The number of hydrogen-bond acceptors (Lipinski definition) is 5. The Bertz CT molecular complexity index is 345. The Labute approximate surface area is 109 Å². The van der Waals surface area contributed by atoms with E-state index in [1.54, 1.807) is 0 Å². The molecule has 0 atom stereocenters. The van der Waals surface area contributed by atoms with Gasteiger partial charge in [-0.05, 0) is 44.9 Å². The lowest BCUT2D eigenvalue weighted by Crippen LogP contribution is -2.36. The first-order valence-electron chi connectivity index (χ1n) is 7.06. The van der Waals surface area contributed by atoms with E-state index in [2.05, 4.69) is 27.3 Å². The van der Waals surface area contributed by atoms with E-state index >= 15 is 0 Å². The van der Waals surface area contributed by atoms with Crippen molar-refractivity contribution in [2.24, 2.45) is 5.92 Å². The quantitative estimate of drug-likeness (QED) is 0.830. The van der Waals surface area contributed by atoms with Crippen molar-refractivity contribution in [1.29, 1.82) is 0 Å².